The lowest BCUT2D eigenvalue weighted by Gasteiger charge is -2.20. The Labute approximate surface area is 128 Å². The van der Waals surface area contributed by atoms with Crippen molar-refractivity contribution in [2.75, 3.05) is 13.7 Å². The predicted octanol–water partition coefficient (Wildman–Crippen LogP) is 4.21. The summed E-state index contributed by atoms with van der Waals surface area (Å²) in [5.41, 5.74) is 5.33. The summed E-state index contributed by atoms with van der Waals surface area (Å²) in [5, 5.41) is 3.60. The van der Waals surface area contributed by atoms with Gasteiger partial charge in [0, 0.05) is 6.04 Å². The van der Waals surface area contributed by atoms with Crippen LogP contribution >= 0.6 is 0 Å². The molecule has 2 heteroatoms. The van der Waals surface area contributed by atoms with E-state index in [-0.39, 0.29) is 0 Å². The van der Waals surface area contributed by atoms with Crippen molar-refractivity contribution in [3.05, 3.63) is 64.7 Å². The highest BCUT2D eigenvalue weighted by Crippen LogP contribution is 2.22. The number of ether oxygens (including phenoxy) is 1. The second-order valence-corrected chi connectivity index (χ2v) is 5.58. The van der Waals surface area contributed by atoms with E-state index in [1.165, 1.54) is 22.3 Å². The molecule has 1 unspecified atom stereocenters. The third kappa shape index (κ3) is 4.33. The van der Waals surface area contributed by atoms with Crippen LogP contribution in [0.1, 0.15) is 35.2 Å². The second-order valence-electron chi connectivity index (χ2n) is 5.58. The fraction of sp³-hybridized carbons (Fsp3) is 0.368. The maximum Gasteiger partial charge on any atom is 0.118 e. The number of likely N-dealkylation sites (N-methyl/N-ethyl adjacent to an activating group) is 1. The normalized spacial score (nSPS) is 12.2. The van der Waals surface area contributed by atoms with E-state index in [1.54, 1.807) is 7.11 Å². The molecule has 0 aliphatic heterocycles. The van der Waals surface area contributed by atoms with Crippen molar-refractivity contribution in [1.29, 1.82) is 0 Å². The first-order valence-corrected chi connectivity index (χ1v) is 7.57. The number of hydrogen-bond acceptors (Lipinski definition) is 2. The molecule has 2 aromatic rings. The molecule has 0 radical (unpaired) electrons. The van der Waals surface area contributed by atoms with Crippen LogP contribution in [0.4, 0.5) is 0 Å². The molecule has 21 heavy (non-hydrogen) atoms. The zero-order valence-electron chi connectivity index (χ0n) is 13.4. The average Bonchev–Trinajstić information content (AvgIpc) is 2.46. The first kappa shape index (κ1) is 15.6. The molecule has 0 heterocycles. The number of hydrogen-bond donors (Lipinski definition) is 1. The lowest BCUT2D eigenvalue weighted by Crippen LogP contribution is -2.23. The molecule has 0 aromatic heterocycles. The number of nitrogens with one attached hydrogen (secondary N) is 1. The molecule has 2 aromatic carbocycles. The van der Waals surface area contributed by atoms with Crippen LogP contribution in [0, 0.1) is 13.8 Å². The molecule has 0 bridgehead atoms. The Morgan fingerprint density at radius 3 is 2.14 bits per heavy atom. The van der Waals surface area contributed by atoms with Crippen LogP contribution < -0.4 is 10.1 Å². The Balaban J connectivity index is 2.21. The monoisotopic (exact) mass is 283 g/mol. The van der Waals surface area contributed by atoms with Crippen LogP contribution in [0.25, 0.3) is 0 Å². The van der Waals surface area contributed by atoms with Gasteiger partial charge in [0.05, 0.1) is 7.11 Å². The summed E-state index contributed by atoms with van der Waals surface area (Å²) in [6, 6.07) is 15.5. The van der Waals surface area contributed by atoms with Crippen molar-refractivity contribution in [2.24, 2.45) is 0 Å². The minimum atomic E-state index is 0.349. The third-order valence-corrected chi connectivity index (χ3v) is 3.70. The summed E-state index contributed by atoms with van der Waals surface area (Å²) in [6.45, 7) is 7.44. The molecular weight excluding hydrogens is 258 g/mol. The molecule has 112 valence electrons. The SMILES string of the molecule is CCNC(Cc1ccc(OC)cc1)c1cc(C)cc(C)c1. The maximum absolute atomic E-state index is 5.22. The van der Waals surface area contributed by atoms with Gasteiger partial charge in [0.1, 0.15) is 5.75 Å². The molecule has 0 fully saturated rings. The summed E-state index contributed by atoms with van der Waals surface area (Å²) in [6.07, 6.45) is 0.987. The van der Waals surface area contributed by atoms with Crippen molar-refractivity contribution in [2.45, 2.75) is 33.2 Å². The molecule has 0 aliphatic rings. The van der Waals surface area contributed by atoms with E-state index in [0.717, 1.165) is 18.7 Å². The van der Waals surface area contributed by atoms with Crippen molar-refractivity contribution in [3.8, 4) is 5.75 Å². The third-order valence-electron chi connectivity index (χ3n) is 3.70. The van der Waals surface area contributed by atoms with Crippen LogP contribution in [0.5, 0.6) is 5.75 Å². The van der Waals surface area contributed by atoms with Crippen LogP contribution in [0.15, 0.2) is 42.5 Å². The van der Waals surface area contributed by atoms with Gasteiger partial charge in [0.25, 0.3) is 0 Å². The summed E-state index contributed by atoms with van der Waals surface area (Å²) in [5.74, 6) is 0.908. The molecule has 2 rings (SSSR count). The highest BCUT2D eigenvalue weighted by atomic mass is 16.5. The smallest absolute Gasteiger partial charge is 0.118 e. The van der Waals surface area contributed by atoms with Gasteiger partial charge in [-0.3, -0.25) is 0 Å². The number of benzene rings is 2. The molecule has 1 N–H and O–H groups in total. The predicted molar refractivity (Wildman–Crippen MR) is 89.0 cm³/mol. The Bertz CT molecular complexity index is 554. The molecule has 0 saturated carbocycles. The highest BCUT2D eigenvalue weighted by molar-refractivity contribution is 5.33. The molecule has 0 saturated heterocycles. The average molecular weight is 283 g/mol. The fourth-order valence-corrected chi connectivity index (χ4v) is 2.76. The van der Waals surface area contributed by atoms with Gasteiger partial charge in [-0.05, 0) is 50.1 Å². The lowest BCUT2D eigenvalue weighted by molar-refractivity contribution is 0.414. The van der Waals surface area contributed by atoms with Gasteiger partial charge in [-0.2, -0.15) is 0 Å². The van der Waals surface area contributed by atoms with E-state index in [4.69, 9.17) is 4.74 Å². The molecule has 0 amide bonds. The maximum atomic E-state index is 5.22. The van der Waals surface area contributed by atoms with Crippen molar-refractivity contribution >= 4 is 0 Å². The molecular formula is C19H25NO. The van der Waals surface area contributed by atoms with Gasteiger partial charge in [0.15, 0.2) is 0 Å². The minimum absolute atomic E-state index is 0.349. The Hall–Kier alpha value is -1.80. The zero-order chi connectivity index (χ0) is 15.2. The minimum Gasteiger partial charge on any atom is -0.497 e. The van der Waals surface area contributed by atoms with Gasteiger partial charge in [-0.1, -0.05) is 48.4 Å². The summed E-state index contributed by atoms with van der Waals surface area (Å²) in [4.78, 5) is 0. The van der Waals surface area contributed by atoms with Gasteiger partial charge in [-0.15, -0.1) is 0 Å². The number of aryl methyl sites for hydroxylation is 2. The lowest BCUT2D eigenvalue weighted by atomic mass is 9.96. The summed E-state index contributed by atoms with van der Waals surface area (Å²) < 4.78 is 5.22. The van der Waals surface area contributed by atoms with Gasteiger partial charge in [0.2, 0.25) is 0 Å². The summed E-state index contributed by atoms with van der Waals surface area (Å²) in [7, 11) is 1.70. The standard InChI is InChI=1S/C19H25NO/c1-5-20-19(17-11-14(2)10-15(3)12-17)13-16-6-8-18(21-4)9-7-16/h6-12,19-20H,5,13H2,1-4H3. The van der Waals surface area contributed by atoms with Crippen LogP contribution in [-0.4, -0.2) is 13.7 Å². The van der Waals surface area contributed by atoms with Crippen molar-refractivity contribution in [3.63, 3.8) is 0 Å². The van der Waals surface area contributed by atoms with Gasteiger partial charge in [-0.25, -0.2) is 0 Å². The van der Waals surface area contributed by atoms with Crippen LogP contribution in [-0.2, 0) is 6.42 Å². The van der Waals surface area contributed by atoms with E-state index in [1.807, 2.05) is 12.1 Å². The molecule has 0 spiro atoms. The summed E-state index contributed by atoms with van der Waals surface area (Å²) >= 11 is 0. The van der Waals surface area contributed by atoms with Crippen molar-refractivity contribution in [1.82, 2.24) is 5.32 Å². The first-order valence-electron chi connectivity index (χ1n) is 7.57. The first-order chi connectivity index (χ1) is 10.1. The molecule has 2 nitrogen and oxygen atoms in total. The Kier molecular flexibility index (Phi) is 5.40. The number of rotatable bonds is 6. The van der Waals surface area contributed by atoms with E-state index >= 15 is 0 Å². The molecule has 1 atom stereocenters. The Morgan fingerprint density at radius 2 is 1.62 bits per heavy atom. The van der Waals surface area contributed by atoms with E-state index in [0.29, 0.717) is 6.04 Å². The van der Waals surface area contributed by atoms with E-state index in [9.17, 15) is 0 Å². The van der Waals surface area contributed by atoms with Crippen molar-refractivity contribution < 1.29 is 4.74 Å². The quantitative estimate of drug-likeness (QED) is 0.857. The Morgan fingerprint density at radius 1 is 1.00 bits per heavy atom. The fourth-order valence-electron chi connectivity index (χ4n) is 2.76. The largest absolute Gasteiger partial charge is 0.497 e. The van der Waals surface area contributed by atoms with E-state index < -0.39 is 0 Å². The van der Waals surface area contributed by atoms with Gasteiger partial charge >= 0.3 is 0 Å². The van der Waals surface area contributed by atoms with Gasteiger partial charge < -0.3 is 10.1 Å². The van der Waals surface area contributed by atoms with E-state index in [2.05, 4.69) is 56.4 Å². The van der Waals surface area contributed by atoms with Crippen LogP contribution in [0.2, 0.25) is 0 Å². The number of methoxy groups -OCH3 is 1. The van der Waals surface area contributed by atoms with Crippen LogP contribution in [0.3, 0.4) is 0 Å². The topological polar surface area (TPSA) is 21.3 Å². The zero-order valence-corrected chi connectivity index (χ0v) is 13.4. The second kappa shape index (κ2) is 7.28. The molecule has 0 aliphatic carbocycles. The highest BCUT2D eigenvalue weighted by Gasteiger charge is 2.12.